The van der Waals surface area contributed by atoms with Gasteiger partial charge >= 0.3 is 0 Å². The second-order valence-electron chi connectivity index (χ2n) is 3.50. The molecule has 0 bridgehead atoms. The summed E-state index contributed by atoms with van der Waals surface area (Å²) in [7, 11) is 3.42. The smallest absolute Gasteiger partial charge is 0.123 e. The predicted octanol–water partition coefficient (Wildman–Crippen LogP) is 1.04. The molecule has 0 aromatic heterocycles. The molecule has 0 amide bonds. The number of benzene rings is 1. The summed E-state index contributed by atoms with van der Waals surface area (Å²) in [5.74, 6) is 0.756. The number of nitrogens with two attached hydrogens (primary N) is 1. The van der Waals surface area contributed by atoms with Crippen LogP contribution in [0.1, 0.15) is 11.6 Å². The molecule has 0 aliphatic heterocycles. The summed E-state index contributed by atoms with van der Waals surface area (Å²) in [6, 6.07) is 5.20. The number of hydrogen-bond donors (Lipinski definition) is 3. The van der Waals surface area contributed by atoms with E-state index in [1.807, 2.05) is 18.2 Å². The monoisotopic (exact) mass is 288 g/mol. The molecule has 0 fully saturated rings. The molecule has 4 nitrogen and oxygen atoms in total. The first kappa shape index (κ1) is 13.4. The van der Waals surface area contributed by atoms with Gasteiger partial charge in [0.2, 0.25) is 0 Å². The lowest BCUT2D eigenvalue weighted by Gasteiger charge is -2.24. The first-order valence-electron chi connectivity index (χ1n) is 5.01. The molecule has 0 saturated carbocycles. The first-order valence-corrected chi connectivity index (χ1v) is 5.80. The maximum Gasteiger partial charge on any atom is 0.123 e. The number of rotatable bonds is 5. The Kier molecular flexibility index (Phi) is 5.21. The van der Waals surface area contributed by atoms with E-state index in [1.165, 1.54) is 0 Å². The maximum absolute atomic E-state index is 9.11. The first-order chi connectivity index (χ1) is 7.63. The van der Waals surface area contributed by atoms with Crippen molar-refractivity contribution < 1.29 is 9.84 Å². The van der Waals surface area contributed by atoms with Crippen molar-refractivity contribution in [3.05, 3.63) is 28.2 Å². The average Bonchev–Trinajstić information content (AvgIpc) is 2.30. The van der Waals surface area contributed by atoms with Crippen LogP contribution in [-0.2, 0) is 0 Å². The molecule has 0 heterocycles. The molecular formula is C11H17BrN2O2. The number of likely N-dealkylation sites (N-methyl/N-ethyl adjacent to an activating group) is 1. The van der Waals surface area contributed by atoms with Gasteiger partial charge < -0.3 is 20.9 Å². The van der Waals surface area contributed by atoms with Gasteiger partial charge in [-0.3, -0.25) is 0 Å². The highest BCUT2D eigenvalue weighted by Gasteiger charge is 2.21. The van der Waals surface area contributed by atoms with Crippen molar-refractivity contribution in [3.8, 4) is 5.75 Å². The van der Waals surface area contributed by atoms with Crippen molar-refractivity contribution in [1.82, 2.24) is 5.32 Å². The van der Waals surface area contributed by atoms with Gasteiger partial charge in [-0.25, -0.2) is 0 Å². The number of methoxy groups -OCH3 is 1. The molecule has 0 aliphatic carbocycles. The van der Waals surface area contributed by atoms with Gasteiger partial charge in [0.15, 0.2) is 0 Å². The molecule has 2 atom stereocenters. The summed E-state index contributed by atoms with van der Waals surface area (Å²) >= 11 is 3.41. The molecule has 1 aromatic carbocycles. The van der Waals surface area contributed by atoms with E-state index in [4.69, 9.17) is 15.6 Å². The van der Waals surface area contributed by atoms with E-state index in [0.29, 0.717) is 0 Å². The molecule has 1 aromatic rings. The summed E-state index contributed by atoms with van der Waals surface area (Å²) in [4.78, 5) is 0. The zero-order chi connectivity index (χ0) is 12.1. The Hall–Kier alpha value is -0.620. The predicted molar refractivity (Wildman–Crippen MR) is 67.6 cm³/mol. The van der Waals surface area contributed by atoms with Crippen molar-refractivity contribution in [2.75, 3.05) is 20.8 Å². The van der Waals surface area contributed by atoms with Crippen molar-refractivity contribution in [3.63, 3.8) is 0 Å². The van der Waals surface area contributed by atoms with E-state index in [-0.39, 0.29) is 18.7 Å². The third kappa shape index (κ3) is 2.95. The molecule has 0 spiro atoms. The molecule has 90 valence electrons. The Labute approximate surface area is 104 Å². The number of halogens is 1. The summed E-state index contributed by atoms with van der Waals surface area (Å²) in [6.07, 6.45) is 0. The third-order valence-electron chi connectivity index (χ3n) is 2.48. The quantitative estimate of drug-likeness (QED) is 0.757. The van der Waals surface area contributed by atoms with Gasteiger partial charge in [0.25, 0.3) is 0 Å². The van der Waals surface area contributed by atoms with Crippen molar-refractivity contribution in [1.29, 1.82) is 0 Å². The number of nitrogens with one attached hydrogen (secondary N) is 1. The Morgan fingerprint density at radius 1 is 1.56 bits per heavy atom. The van der Waals surface area contributed by atoms with Gasteiger partial charge in [-0.2, -0.15) is 0 Å². The van der Waals surface area contributed by atoms with E-state index in [9.17, 15) is 0 Å². The van der Waals surface area contributed by atoms with Gasteiger partial charge in [0, 0.05) is 16.1 Å². The normalized spacial score (nSPS) is 14.6. The van der Waals surface area contributed by atoms with E-state index >= 15 is 0 Å². The fourth-order valence-electron chi connectivity index (χ4n) is 1.65. The van der Waals surface area contributed by atoms with Crippen LogP contribution in [0.25, 0.3) is 0 Å². The average molecular weight is 289 g/mol. The second kappa shape index (κ2) is 6.20. The van der Waals surface area contributed by atoms with Crippen LogP contribution in [0.4, 0.5) is 0 Å². The Morgan fingerprint density at radius 2 is 2.25 bits per heavy atom. The zero-order valence-corrected chi connectivity index (χ0v) is 11.0. The van der Waals surface area contributed by atoms with Crippen LogP contribution in [-0.4, -0.2) is 31.9 Å². The summed E-state index contributed by atoms with van der Waals surface area (Å²) in [5, 5.41) is 12.2. The van der Waals surface area contributed by atoms with Gasteiger partial charge in [-0.05, 0) is 25.2 Å². The minimum absolute atomic E-state index is 0.0822. The van der Waals surface area contributed by atoms with Gasteiger partial charge in [0.05, 0.1) is 19.8 Å². The van der Waals surface area contributed by atoms with E-state index in [2.05, 4.69) is 21.2 Å². The molecule has 1 rings (SSSR count). The minimum atomic E-state index is -0.367. The number of ether oxygens (including phenoxy) is 1. The van der Waals surface area contributed by atoms with E-state index in [1.54, 1.807) is 14.2 Å². The summed E-state index contributed by atoms with van der Waals surface area (Å²) in [6.45, 7) is -0.0822. The molecule has 0 saturated heterocycles. The fraction of sp³-hybridized carbons (Fsp3) is 0.455. The lowest BCUT2D eigenvalue weighted by molar-refractivity contribution is 0.238. The van der Waals surface area contributed by atoms with E-state index < -0.39 is 0 Å². The standard InChI is InChI=1S/C11H17BrN2O2/c1-14-11(9(13)6-15)8-5-7(12)3-4-10(8)16-2/h3-5,9,11,14-15H,6,13H2,1-2H3. The number of aliphatic hydroxyl groups is 1. The van der Waals surface area contributed by atoms with E-state index in [0.717, 1.165) is 15.8 Å². The summed E-state index contributed by atoms with van der Waals surface area (Å²) in [5.41, 5.74) is 6.78. The van der Waals surface area contributed by atoms with Gasteiger partial charge in [-0.1, -0.05) is 15.9 Å². The summed E-state index contributed by atoms with van der Waals surface area (Å²) < 4.78 is 6.23. The van der Waals surface area contributed by atoms with Gasteiger partial charge in [0.1, 0.15) is 5.75 Å². The number of hydrogen-bond acceptors (Lipinski definition) is 4. The largest absolute Gasteiger partial charge is 0.496 e. The van der Waals surface area contributed by atoms with Crippen LogP contribution in [0, 0.1) is 0 Å². The highest BCUT2D eigenvalue weighted by molar-refractivity contribution is 9.10. The molecule has 16 heavy (non-hydrogen) atoms. The lowest BCUT2D eigenvalue weighted by Crippen LogP contribution is -2.39. The number of aliphatic hydroxyl groups excluding tert-OH is 1. The molecule has 5 heteroatoms. The van der Waals surface area contributed by atoms with Crippen LogP contribution in [0.5, 0.6) is 5.75 Å². The maximum atomic E-state index is 9.11. The lowest BCUT2D eigenvalue weighted by atomic mass is 9.99. The van der Waals surface area contributed by atoms with Crippen molar-refractivity contribution >= 4 is 15.9 Å². The highest BCUT2D eigenvalue weighted by atomic mass is 79.9. The minimum Gasteiger partial charge on any atom is -0.496 e. The molecule has 4 N–H and O–H groups in total. The fourth-order valence-corrected chi connectivity index (χ4v) is 2.03. The zero-order valence-electron chi connectivity index (χ0n) is 9.40. The Morgan fingerprint density at radius 3 is 2.75 bits per heavy atom. The van der Waals surface area contributed by atoms with Crippen LogP contribution >= 0.6 is 15.9 Å². The second-order valence-corrected chi connectivity index (χ2v) is 4.41. The van der Waals surface area contributed by atoms with Crippen LogP contribution in [0.2, 0.25) is 0 Å². The van der Waals surface area contributed by atoms with Crippen LogP contribution in [0.3, 0.4) is 0 Å². The van der Waals surface area contributed by atoms with Crippen LogP contribution < -0.4 is 15.8 Å². The Bertz CT molecular complexity index is 347. The Balaban J connectivity index is 3.11. The van der Waals surface area contributed by atoms with Crippen molar-refractivity contribution in [2.45, 2.75) is 12.1 Å². The molecule has 0 radical (unpaired) electrons. The van der Waals surface area contributed by atoms with Crippen molar-refractivity contribution in [2.24, 2.45) is 5.73 Å². The van der Waals surface area contributed by atoms with Gasteiger partial charge in [-0.15, -0.1) is 0 Å². The highest BCUT2D eigenvalue weighted by Crippen LogP contribution is 2.29. The molecule has 2 unspecified atom stereocenters. The third-order valence-corrected chi connectivity index (χ3v) is 2.97. The topological polar surface area (TPSA) is 67.5 Å². The van der Waals surface area contributed by atoms with Crippen LogP contribution in [0.15, 0.2) is 22.7 Å². The molecular weight excluding hydrogens is 272 g/mol. The SMILES string of the molecule is CNC(c1cc(Br)ccc1OC)C(N)CO. The molecule has 0 aliphatic rings.